The number of aliphatic hydroxyl groups is 1. The first-order chi connectivity index (χ1) is 15.8. The van der Waals surface area contributed by atoms with Crippen molar-refractivity contribution < 1.29 is 19.4 Å². The minimum atomic E-state index is -0.857. The lowest BCUT2D eigenvalue weighted by Gasteiger charge is -2.16. The molecule has 0 bridgehead atoms. The Kier molecular flexibility index (Phi) is 6.15. The minimum absolute atomic E-state index is 0.203. The van der Waals surface area contributed by atoms with Crippen molar-refractivity contribution in [3.05, 3.63) is 42.1 Å². The van der Waals surface area contributed by atoms with Crippen molar-refractivity contribution in [2.24, 2.45) is 4.99 Å². The van der Waals surface area contributed by atoms with Gasteiger partial charge in [0.15, 0.2) is 23.0 Å². The molecule has 1 aromatic carbocycles. The van der Waals surface area contributed by atoms with Crippen LogP contribution < -0.4 is 14.8 Å². The molecule has 0 saturated carbocycles. The number of amides is 1. The number of aliphatic imine (C=N–C) groups is 1. The van der Waals surface area contributed by atoms with Gasteiger partial charge in [0, 0.05) is 31.6 Å². The summed E-state index contributed by atoms with van der Waals surface area (Å²) in [7, 11) is 1.61. The summed E-state index contributed by atoms with van der Waals surface area (Å²) >= 11 is 0. The first kappa shape index (κ1) is 22.5. The summed E-state index contributed by atoms with van der Waals surface area (Å²) in [6.45, 7) is 5.91. The number of benzene rings is 1. The molecular formula is C24H27N5O4. The Hall–Kier alpha value is -3.72. The topological polar surface area (TPSA) is 111 Å². The van der Waals surface area contributed by atoms with E-state index in [4.69, 9.17) is 9.47 Å². The van der Waals surface area contributed by atoms with Crippen molar-refractivity contribution in [1.29, 1.82) is 0 Å². The monoisotopic (exact) mass is 449 g/mol. The van der Waals surface area contributed by atoms with Crippen LogP contribution in [0.25, 0.3) is 22.2 Å². The number of carbonyl (C=O) groups is 1. The van der Waals surface area contributed by atoms with Gasteiger partial charge in [0.05, 0.1) is 16.6 Å². The molecule has 3 aromatic rings. The number of nitrogens with zero attached hydrogens (tertiary/aromatic N) is 4. The summed E-state index contributed by atoms with van der Waals surface area (Å²) in [5, 5.41) is 18.3. The van der Waals surface area contributed by atoms with Gasteiger partial charge >= 0.3 is 0 Å². The molecule has 2 aromatic heterocycles. The van der Waals surface area contributed by atoms with Gasteiger partial charge in [0.25, 0.3) is 5.91 Å². The van der Waals surface area contributed by atoms with E-state index < -0.39 is 5.60 Å². The van der Waals surface area contributed by atoms with Gasteiger partial charge in [0.2, 0.25) is 6.79 Å². The highest BCUT2D eigenvalue weighted by Crippen LogP contribution is 2.37. The molecule has 172 valence electrons. The lowest BCUT2D eigenvalue weighted by atomic mass is 10.1. The van der Waals surface area contributed by atoms with Crippen molar-refractivity contribution in [2.75, 3.05) is 19.2 Å². The number of pyridine rings is 1. The van der Waals surface area contributed by atoms with Crippen molar-refractivity contribution in [2.45, 2.75) is 39.3 Å². The summed E-state index contributed by atoms with van der Waals surface area (Å²) in [6, 6.07) is 7.63. The molecule has 1 amide bonds. The van der Waals surface area contributed by atoms with Crippen molar-refractivity contribution in [3.63, 3.8) is 0 Å². The van der Waals surface area contributed by atoms with E-state index in [1.807, 2.05) is 24.3 Å². The summed E-state index contributed by atoms with van der Waals surface area (Å²) in [6.07, 6.45) is 5.42. The molecule has 0 atom stereocenters. The molecule has 33 heavy (non-hydrogen) atoms. The number of allylic oxidation sites excluding steroid dienone is 1. The number of hydrogen-bond donors (Lipinski definition) is 2. The van der Waals surface area contributed by atoms with Crippen LogP contribution in [0.4, 0.5) is 5.82 Å². The smallest absolute Gasteiger partial charge is 0.258 e. The van der Waals surface area contributed by atoms with Gasteiger partial charge in [-0.2, -0.15) is 5.10 Å². The van der Waals surface area contributed by atoms with Crippen LogP contribution in [0.1, 0.15) is 27.2 Å². The maximum Gasteiger partial charge on any atom is 0.258 e. The molecule has 1 aliphatic rings. The van der Waals surface area contributed by atoms with E-state index in [1.54, 1.807) is 44.8 Å². The molecule has 0 aliphatic carbocycles. The number of fused-ring (bicyclic) bond motifs is 2. The molecule has 0 saturated heterocycles. The molecule has 3 heterocycles. The van der Waals surface area contributed by atoms with E-state index in [9.17, 15) is 9.90 Å². The van der Waals surface area contributed by atoms with Crippen LogP contribution in [0.3, 0.4) is 0 Å². The second-order valence-electron chi connectivity index (χ2n) is 8.38. The third-order valence-corrected chi connectivity index (χ3v) is 5.30. The minimum Gasteiger partial charge on any atom is -0.454 e. The third kappa shape index (κ3) is 4.88. The van der Waals surface area contributed by atoms with Gasteiger partial charge in [-0.05, 0) is 51.0 Å². The predicted molar refractivity (Wildman–Crippen MR) is 127 cm³/mol. The maximum atomic E-state index is 12.8. The Morgan fingerprint density at radius 3 is 2.79 bits per heavy atom. The number of nitrogens with one attached hydrogen (secondary N) is 1. The van der Waals surface area contributed by atoms with E-state index in [0.717, 1.165) is 11.1 Å². The lowest BCUT2D eigenvalue weighted by molar-refractivity contribution is -0.112. The van der Waals surface area contributed by atoms with E-state index in [2.05, 4.69) is 20.4 Å². The average Bonchev–Trinajstić information content (AvgIpc) is 3.39. The Bertz CT molecular complexity index is 1250. The maximum absolute atomic E-state index is 12.8. The van der Waals surface area contributed by atoms with E-state index in [0.29, 0.717) is 46.9 Å². The average molecular weight is 450 g/mol. The summed E-state index contributed by atoms with van der Waals surface area (Å²) in [5.41, 5.74) is 1.94. The van der Waals surface area contributed by atoms with Gasteiger partial charge in [-0.3, -0.25) is 9.79 Å². The number of aryl methyl sites for hydroxylation is 1. The summed E-state index contributed by atoms with van der Waals surface area (Å²) < 4.78 is 12.6. The second-order valence-corrected chi connectivity index (χ2v) is 8.38. The number of ether oxygens (including phenoxy) is 2. The van der Waals surface area contributed by atoms with Gasteiger partial charge in [0.1, 0.15) is 0 Å². The standard InChI is InChI=1S/C24H27N5O4/c1-5-15(12-25-4)23(30)27-21-18-10-17(16-6-7-19-20(11-16)33-14-32-19)13-26-22(18)29(28-21)9-8-24(2,3)31/h5-7,10-13,31H,8-9,14H2,1-4H3,(H,27,28,30)/b15-5+,25-12?. The Morgan fingerprint density at radius 1 is 1.27 bits per heavy atom. The normalized spacial score (nSPS) is 13.8. The third-order valence-electron chi connectivity index (χ3n) is 5.30. The quantitative estimate of drug-likeness (QED) is 0.421. The first-order valence-corrected chi connectivity index (χ1v) is 10.7. The van der Waals surface area contributed by atoms with Crippen LogP contribution in [0, 0.1) is 0 Å². The fourth-order valence-corrected chi connectivity index (χ4v) is 3.50. The number of carbonyl (C=O) groups excluding carboxylic acids is 1. The number of anilines is 1. The molecule has 9 heteroatoms. The molecule has 9 nitrogen and oxygen atoms in total. The van der Waals surface area contributed by atoms with Crippen molar-refractivity contribution in [1.82, 2.24) is 14.8 Å². The van der Waals surface area contributed by atoms with Gasteiger partial charge in [-0.25, -0.2) is 9.67 Å². The Balaban J connectivity index is 1.75. The van der Waals surface area contributed by atoms with E-state index >= 15 is 0 Å². The SMILES string of the molecule is C/C=C(\C=NC)C(=O)Nc1nn(CCC(C)(C)O)c2ncc(-c3ccc4c(c3)OCO4)cc12. The highest BCUT2D eigenvalue weighted by Gasteiger charge is 2.20. The molecule has 0 unspecified atom stereocenters. The Morgan fingerprint density at radius 2 is 2.06 bits per heavy atom. The first-order valence-electron chi connectivity index (χ1n) is 10.7. The molecule has 4 rings (SSSR count). The van der Waals surface area contributed by atoms with Gasteiger partial charge in [-0.15, -0.1) is 0 Å². The van der Waals surface area contributed by atoms with Gasteiger partial charge in [-0.1, -0.05) is 12.1 Å². The molecule has 0 radical (unpaired) electrons. The van der Waals surface area contributed by atoms with Crippen LogP contribution in [0.2, 0.25) is 0 Å². The number of aromatic nitrogens is 3. The van der Waals surface area contributed by atoms with Crippen LogP contribution in [0.5, 0.6) is 11.5 Å². The lowest BCUT2D eigenvalue weighted by Crippen LogP contribution is -2.21. The predicted octanol–water partition coefficient (Wildman–Crippen LogP) is 3.57. The van der Waals surface area contributed by atoms with Crippen LogP contribution in [-0.2, 0) is 11.3 Å². The van der Waals surface area contributed by atoms with Gasteiger partial charge < -0.3 is 19.9 Å². The molecule has 0 spiro atoms. The van der Waals surface area contributed by atoms with E-state index in [1.165, 1.54) is 6.21 Å². The van der Waals surface area contributed by atoms with Crippen LogP contribution >= 0.6 is 0 Å². The fraction of sp³-hybridized carbons (Fsp3) is 0.333. The molecule has 0 fully saturated rings. The van der Waals surface area contributed by atoms with Crippen LogP contribution in [0.15, 0.2) is 47.1 Å². The molecule has 2 N–H and O–H groups in total. The van der Waals surface area contributed by atoms with Crippen molar-refractivity contribution in [3.8, 4) is 22.6 Å². The largest absolute Gasteiger partial charge is 0.454 e. The summed E-state index contributed by atoms with van der Waals surface area (Å²) in [4.78, 5) is 21.3. The zero-order chi connectivity index (χ0) is 23.6. The Labute approximate surface area is 191 Å². The molecule has 1 aliphatic heterocycles. The van der Waals surface area contributed by atoms with Crippen molar-refractivity contribution >= 4 is 29.0 Å². The second kappa shape index (κ2) is 9.03. The zero-order valence-electron chi connectivity index (χ0n) is 19.1. The molecular weight excluding hydrogens is 422 g/mol. The highest BCUT2D eigenvalue weighted by molar-refractivity contribution is 6.18. The van der Waals surface area contributed by atoms with E-state index in [-0.39, 0.29) is 12.7 Å². The van der Waals surface area contributed by atoms with Crippen LogP contribution in [-0.4, -0.2) is 51.4 Å². The number of rotatable bonds is 7. The highest BCUT2D eigenvalue weighted by atomic mass is 16.7. The fourth-order valence-electron chi connectivity index (χ4n) is 3.50. The number of hydrogen-bond acceptors (Lipinski definition) is 7. The zero-order valence-corrected chi connectivity index (χ0v) is 19.1. The summed E-state index contributed by atoms with van der Waals surface area (Å²) in [5.74, 6) is 1.46.